The molecule has 2 saturated heterocycles. The van der Waals surface area contributed by atoms with Crippen LogP contribution in [0.15, 0.2) is 28.7 Å². The van der Waals surface area contributed by atoms with E-state index in [4.69, 9.17) is 5.10 Å². The molecule has 3 heterocycles. The van der Waals surface area contributed by atoms with Crippen LogP contribution in [0.3, 0.4) is 0 Å². The second-order valence-electron chi connectivity index (χ2n) is 7.43. The minimum atomic E-state index is 0. The van der Waals surface area contributed by atoms with Crippen molar-refractivity contribution in [3.05, 3.63) is 45.7 Å². The maximum atomic E-state index is 4.80. The Labute approximate surface area is 164 Å². The molecule has 1 spiro atoms. The molecule has 0 saturated carbocycles. The van der Waals surface area contributed by atoms with Gasteiger partial charge in [0.25, 0.3) is 0 Å². The molecular weight excluding hydrogens is 400 g/mol. The van der Waals surface area contributed by atoms with Gasteiger partial charge in [-0.25, -0.2) is 4.68 Å². The zero-order valence-electron chi connectivity index (χ0n) is 14.9. The molecule has 0 amide bonds. The summed E-state index contributed by atoms with van der Waals surface area (Å²) in [6.07, 6.45) is 2.67. The van der Waals surface area contributed by atoms with E-state index in [1.807, 2.05) is 0 Å². The SMILES string of the molecule is Cc1nn(-c2ccc(Br)cc2)c(C)c1CN1CCC2(CCNC2)C1.Cl. The molecule has 1 N–H and O–H groups in total. The van der Waals surface area contributed by atoms with Gasteiger partial charge in [0.05, 0.1) is 11.4 Å². The Balaban J connectivity index is 0.00000182. The topological polar surface area (TPSA) is 33.1 Å². The Morgan fingerprint density at radius 3 is 2.64 bits per heavy atom. The lowest BCUT2D eigenvalue weighted by Crippen LogP contribution is -2.29. The lowest BCUT2D eigenvalue weighted by Gasteiger charge is -2.23. The minimum absolute atomic E-state index is 0. The number of aromatic nitrogens is 2. The fourth-order valence-electron chi connectivity index (χ4n) is 4.27. The van der Waals surface area contributed by atoms with Crippen LogP contribution in [0.5, 0.6) is 0 Å². The fraction of sp³-hybridized carbons (Fsp3) is 0.526. The Kier molecular flexibility index (Phi) is 5.59. The number of aryl methyl sites for hydroxylation is 1. The summed E-state index contributed by atoms with van der Waals surface area (Å²) in [7, 11) is 0. The molecule has 2 aromatic rings. The third-order valence-corrected chi connectivity index (χ3v) is 6.27. The van der Waals surface area contributed by atoms with E-state index < -0.39 is 0 Å². The van der Waals surface area contributed by atoms with E-state index >= 15 is 0 Å². The van der Waals surface area contributed by atoms with Gasteiger partial charge in [0, 0.05) is 35.4 Å². The van der Waals surface area contributed by atoms with Crippen LogP contribution in [0.2, 0.25) is 0 Å². The van der Waals surface area contributed by atoms with Gasteiger partial charge >= 0.3 is 0 Å². The van der Waals surface area contributed by atoms with Crippen LogP contribution in [0, 0.1) is 19.3 Å². The predicted molar refractivity (Wildman–Crippen MR) is 108 cm³/mol. The first kappa shape index (κ1) is 18.9. The average molecular weight is 426 g/mol. The number of likely N-dealkylation sites (tertiary alicyclic amines) is 1. The molecule has 4 nitrogen and oxygen atoms in total. The van der Waals surface area contributed by atoms with Gasteiger partial charge in [-0.1, -0.05) is 15.9 Å². The van der Waals surface area contributed by atoms with Crippen molar-refractivity contribution in [1.82, 2.24) is 20.0 Å². The highest BCUT2D eigenvalue weighted by molar-refractivity contribution is 9.10. The van der Waals surface area contributed by atoms with E-state index in [0.717, 1.165) is 22.4 Å². The normalized spacial score (nSPS) is 23.3. The molecule has 0 radical (unpaired) electrons. The first-order chi connectivity index (χ1) is 11.6. The highest BCUT2D eigenvalue weighted by atomic mass is 79.9. The third kappa shape index (κ3) is 3.65. The highest BCUT2D eigenvalue weighted by Gasteiger charge is 2.40. The lowest BCUT2D eigenvalue weighted by molar-refractivity contribution is 0.268. The summed E-state index contributed by atoms with van der Waals surface area (Å²) < 4.78 is 3.18. The number of benzene rings is 1. The van der Waals surface area contributed by atoms with Crippen LogP contribution < -0.4 is 5.32 Å². The Hall–Kier alpha value is -0.880. The smallest absolute Gasteiger partial charge is 0.0649 e. The van der Waals surface area contributed by atoms with Crippen molar-refractivity contribution in [2.24, 2.45) is 5.41 Å². The number of hydrogen-bond donors (Lipinski definition) is 1. The van der Waals surface area contributed by atoms with Crippen LogP contribution in [0.1, 0.15) is 29.8 Å². The highest BCUT2D eigenvalue weighted by Crippen LogP contribution is 2.37. The van der Waals surface area contributed by atoms with Crippen molar-refractivity contribution >= 4 is 28.3 Å². The zero-order chi connectivity index (χ0) is 16.7. The van der Waals surface area contributed by atoms with Crippen LogP contribution in [-0.4, -0.2) is 40.9 Å². The molecule has 25 heavy (non-hydrogen) atoms. The molecule has 136 valence electrons. The summed E-state index contributed by atoms with van der Waals surface area (Å²) in [5, 5.41) is 8.35. The first-order valence-electron chi connectivity index (χ1n) is 8.80. The molecule has 2 aliphatic rings. The number of halogens is 2. The van der Waals surface area contributed by atoms with E-state index in [1.165, 1.54) is 50.3 Å². The maximum absolute atomic E-state index is 4.80. The zero-order valence-corrected chi connectivity index (χ0v) is 17.3. The monoisotopic (exact) mass is 424 g/mol. The van der Waals surface area contributed by atoms with Crippen LogP contribution >= 0.6 is 28.3 Å². The van der Waals surface area contributed by atoms with Crippen molar-refractivity contribution in [2.75, 3.05) is 26.2 Å². The van der Waals surface area contributed by atoms with Gasteiger partial charge in [0.1, 0.15) is 0 Å². The molecule has 6 heteroatoms. The van der Waals surface area contributed by atoms with E-state index in [-0.39, 0.29) is 12.4 Å². The van der Waals surface area contributed by atoms with E-state index in [9.17, 15) is 0 Å². The van der Waals surface area contributed by atoms with Gasteiger partial charge in [-0.2, -0.15) is 5.10 Å². The summed E-state index contributed by atoms with van der Waals surface area (Å²) in [5.41, 5.74) is 5.47. The van der Waals surface area contributed by atoms with Gasteiger partial charge in [0.15, 0.2) is 0 Å². The first-order valence-corrected chi connectivity index (χ1v) is 9.60. The van der Waals surface area contributed by atoms with Crippen molar-refractivity contribution in [1.29, 1.82) is 0 Å². The minimum Gasteiger partial charge on any atom is -0.316 e. The third-order valence-electron chi connectivity index (χ3n) is 5.74. The van der Waals surface area contributed by atoms with Crippen molar-refractivity contribution in [2.45, 2.75) is 33.2 Å². The summed E-state index contributed by atoms with van der Waals surface area (Å²) in [6.45, 7) is 10.2. The van der Waals surface area contributed by atoms with Gasteiger partial charge < -0.3 is 5.32 Å². The molecule has 4 rings (SSSR count). The fourth-order valence-corrected chi connectivity index (χ4v) is 4.53. The molecule has 2 fully saturated rings. The maximum Gasteiger partial charge on any atom is 0.0649 e. The van der Waals surface area contributed by atoms with E-state index in [2.05, 4.69) is 68.9 Å². The van der Waals surface area contributed by atoms with Gasteiger partial charge in [0.2, 0.25) is 0 Å². The van der Waals surface area contributed by atoms with Crippen molar-refractivity contribution in [3.8, 4) is 5.69 Å². The van der Waals surface area contributed by atoms with Crippen molar-refractivity contribution < 1.29 is 0 Å². The summed E-state index contributed by atoms with van der Waals surface area (Å²) in [5.74, 6) is 0. The molecule has 1 unspecified atom stereocenters. The molecule has 2 aliphatic heterocycles. The molecule has 0 aliphatic carbocycles. The molecule has 0 bridgehead atoms. The molecule has 1 atom stereocenters. The number of rotatable bonds is 3. The summed E-state index contributed by atoms with van der Waals surface area (Å²) in [4.78, 5) is 2.62. The van der Waals surface area contributed by atoms with Gasteiger partial charge in [-0.05, 0) is 69.5 Å². The van der Waals surface area contributed by atoms with Crippen LogP contribution in [0.25, 0.3) is 5.69 Å². The number of nitrogens with zero attached hydrogens (tertiary/aromatic N) is 3. The van der Waals surface area contributed by atoms with Crippen LogP contribution in [-0.2, 0) is 6.54 Å². The van der Waals surface area contributed by atoms with Gasteiger partial charge in [-0.3, -0.25) is 4.90 Å². The predicted octanol–water partition coefficient (Wildman–Crippen LogP) is 3.86. The summed E-state index contributed by atoms with van der Waals surface area (Å²) >= 11 is 3.50. The second-order valence-corrected chi connectivity index (χ2v) is 8.34. The van der Waals surface area contributed by atoms with E-state index in [0.29, 0.717) is 5.41 Å². The van der Waals surface area contributed by atoms with Crippen molar-refractivity contribution in [3.63, 3.8) is 0 Å². The largest absolute Gasteiger partial charge is 0.316 e. The second kappa shape index (κ2) is 7.39. The number of nitrogens with one attached hydrogen (secondary N) is 1. The Morgan fingerprint density at radius 1 is 1.20 bits per heavy atom. The Bertz CT molecular complexity index is 735. The standard InChI is InChI=1S/C19H25BrN4.ClH/c1-14-18(11-23-10-8-19(13-23)7-9-21-12-19)15(2)24(22-14)17-5-3-16(20)4-6-17;/h3-6,21H,7-13H2,1-2H3;1H. The van der Waals surface area contributed by atoms with Crippen LogP contribution in [0.4, 0.5) is 0 Å². The molecule has 1 aromatic heterocycles. The molecular formula is C19H26BrClN4. The Morgan fingerprint density at radius 2 is 1.96 bits per heavy atom. The quantitative estimate of drug-likeness (QED) is 0.810. The number of hydrogen-bond acceptors (Lipinski definition) is 3. The van der Waals surface area contributed by atoms with E-state index in [1.54, 1.807) is 0 Å². The molecule has 1 aromatic carbocycles. The lowest BCUT2D eigenvalue weighted by atomic mass is 9.86. The average Bonchev–Trinajstić information content (AvgIpc) is 3.26. The summed E-state index contributed by atoms with van der Waals surface area (Å²) in [6, 6.07) is 8.37. The van der Waals surface area contributed by atoms with Gasteiger partial charge in [-0.15, -0.1) is 12.4 Å².